The Hall–Kier alpha value is -4.33. The molecule has 2 heterocycles. The minimum atomic E-state index is -0.638. The molecule has 0 bridgehead atoms. The van der Waals surface area contributed by atoms with Crippen molar-refractivity contribution in [2.75, 3.05) is 0 Å². The minimum Gasteiger partial charge on any atom is -0.487 e. The summed E-state index contributed by atoms with van der Waals surface area (Å²) < 4.78 is 21.1. The summed E-state index contributed by atoms with van der Waals surface area (Å²) in [6.45, 7) is 2.17. The highest BCUT2D eigenvalue weighted by Crippen LogP contribution is 2.15. The minimum absolute atomic E-state index is 0.158. The van der Waals surface area contributed by atoms with Crippen molar-refractivity contribution in [2.24, 2.45) is 0 Å². The highest BCUT2D eigenvalue weighted by Gasteiger charge is 2.16. The van der Waals surface area contributed by atoms with Crippen LogP contribution in [0, 0.1) is 12.7 Å². The molecule has 1 N–H and O–H groups in total. The molecule has 0 spiro atoms. The van der Waals surface area contributed by atoms with Crippen molar-refractivity contribution in [2.45, 2.75) is 20.1 Å². The zero-order chi connectivity index (χ0) is 23.2. The van der Waals surface area contributed by atoms with Crippen molar-refractivity contribution in [3.63, 3.8) is 0 Å². The van der Waals surface area contributed by atoms with Crippen LogP contribution in [0.5, 0.6) is 5.75 Å². The molecule has 0 atom stereocenters. The Labute approximate surface area is 189 Å². The van der Waals surface area contributed by atoms with E-state index in [0.717, 1.165) is 11.3 Å². The Morgan fingerprint density at radius 1 is 1.06 bits per heavy atom. The third kappa shape index (κ3) is 5.30. The number of nitrogens with zero attached hydrogens (tertiary/aromatic N) is 3. The maximum absolute atomic E-state index is 14.2. The summed E-state index contributed by atoms with van der Waals surface area (Å²) in [6, 6.07) is 20.1. The summed E-state index contributed by atoms with van der Waals surface area (Å²) in [7, 11) is 0. The van der Waals surface area contributed by atoms with Gasteiger partial charge in [0.15, 0.2) is 5.69 Å². The van der Waals surface area contributed by atoms with Crippen molar-refractivity contribution < 1.29 is 13.9 Å². The second-order valence-corrected chi connectivity index (χ2v) is 7.30. The monoisotopic (exact) mass is 444 g/mol. The third-order valence-electron chi connectivity index (χ3n) is 4.89. The van der Waals surface area contributed by atoms with Crippen LogP contribution in [-0.4, -0.2) is 20.7 Å². The summed E-state index contributed by atoms with van der Waals surface area (Å²) in [5.41, 5.74) is 1.37. The first kappa shape index (κ1) is 21.9. The maximum Gasteiger partial charge on any atom is 0.276 e. The summed E-state index contributed by atoms with van der Waals surface area (Å²) in [5.74, 6) is -0.474. The summed E-state index contributed by atoms with van der Waals surface area (Å²) >= 11 is 0. The fourth-order valence-corrected chi connectivity index (χ4v) is 3.18. The number of benzene rings is 2. The average Bonchev–Trinajstić information content (AvgIpc) is 2.83. The van der Waals surface area contributed by atoms with Gasteiger partial charge in [-0.15, -0.1) is 0 Å². The van der Waals surface area contributed by atoms with E-state index in [-0.39, 0.29) is 17.9 Å². The second kappa shape index (κ2) is 9.86. The van der Waals surface area contributed by atoms with E-state index in [1.807, 2.05) is 30.3 Å². The number of aryl methyl sites for hydroxylation is 1. The van der Waals surface area contributed by atoms with Gasteiger partial charge in [0.25, 0.3) is 5.91 Å². The molecular weight excluding hydrogens is 423 g/mol. The second-order valence-electron chi connectivity index (χ2n) is 7.30. The van der Waals surface area contributed by atoms with Crippen LogP contribution in [0.4, 0.5) is 4.39 Å². The molecule has 2 aromatic carbocycles. The van der Waals surface area contributed by atoms with E-state index < -0.39 is 17.2 Å². The molecule has 4 aromatic rings. The molecule has 0 aliphatic carbocycles. The SMILES string of the molecule is Cc1cc(=O)c(C(=O)NCc2ccc(OCc3ccccn3)cc2)nn1-c1ccccc1F. The Balaban J connectivity index is 1.42. The average molecular weight is 444 g/mol. The zero-order valence-electron chi connectivity index (χ0n) is 17.9. The number of aromatic nitrogens is 3. The van der Waals surface area contributed by atoms with Crippen molar-refractivity contribution >= 4 is 5.91 Å². The molecule has 0 aliphatic rings. The molecule has 0 saturated heterocycles. The Kier molecular flexibility index (Phi) is 6.54. The van der Waals surface area contributed by atoms with E-state index in [1.165, 1.54) is 22.9 Å². The molecule has 0 saturated carbocycles. The molecule has 4 rings (SSSR count). The maximum atomic E-state index is 14.2. The van der Waals surface area contributed by atoms with Gasteiger partial charge in [-0.3, -0.25) is 14.6 Å². The van der Waals surface area contributed by atoms with Gasteiger partial charge in [0, 0.05) is 24.5 Å². The largest absolute Gasteiger partial charge is 0.487 e. The molecule has 0 fully saturated rings. The van der Waals surface area contributed by atoms with Gasteiger partial charge >= 0.3 is 0 Å². The number of carbonyl (C=O) groups excluding carboxylic acids is 1. The van der Waals surface area contributed by atoms with Gasteiger partial charge in [0.1, 0.15) is 23.9 Å². The van der Waals surface area contributed by atoms with Gasteiger partial charge in [-0.2, -0.15) is 5.10 Å². The topological polar surface area (TPSA) is 86.1 Å². The fraction of sp³-hybridized carbons (Fsp3) is 0.120. The Morgan fingerprint density at radius 3 is 2.55 bits per heavy atom. The number of hydrogen-bond donors (Lipinski definition) is 1. The van der Waals surface area contributed by atoms with Crippen LogP contribution in [-0.2, 0) is 13.2 Å². The number of amides is 1. The normalized spacial score (nSPS) is 10.6. The number of carbonyl (C=O) groups is 1. The Morgan fingerprint density at radius 2 is 1.82 bits per heavy atom. The van der Waals surface area contributed by atoms with E-state index in [0.29, 0.717) is 18.1 Å². The van der Waals surface area contributed by atoms with E-state index >= 15 is 0 Å². The molecular formula is C25H21FN4O3. The molecule has 1 amide bonds. The van der Waals surface area contributed by atoms with Crippen LogP contribution in [0.25, 0.3) is 5.69 Å². The van der Waals surface area contributed by atoms with Crippen molar-refractivity contribution in [1.29, 1.82) is 0 Å². The van der Waals surface area contributed by atoms with Crippen LogP contribution in [0.2, 0.25) is 0 Å². The van der Waals surface area contributed by atoms with Crippen molar-refractivity contribution in [1.82, 2.24) is 20.1 Å². The van der Waals surface area contributed by atoms with Gasteiger partial charge < -0.3 is 10.1 Å². The lowest BCUT2D eigenvalue weighted by molar-refractivity contribution is 0.0943. The van der Waals surface area contributed by atoms with Crippen molar-refractivity contribution in [3.05, 3.63) is 118 Å². The fourth-order valence-electron chi connectivity index (χ4n) is 3.18. The first-order chi connectivity index (χ1) is 16.0. The number of para-hydroxylation sites is 1. The van der Waals surface area contributed by atoms with Gasteiger partial charge in [-0.05, 0) is 48.9 Å². The van der Waals surface area contributed by atoms with Gasteiger partial charge in [0.05, 0.1) is 5.69 Å². The van der Waals surface area contributed by atoms with Crippen LogP contribution in [0.1, 0.15) is 27.4 Å². The lowest BCUT2D eigenvalue weighted by atomic mass is 10.2. The highest BCUT2D eigenvalue weighted by molar-refractivity contribution is 5.92. The number of rotatable bonds is 7. The molecule has 0 radical (unpaired) electrons. The lowest BCUT2D eigenvalue weighted by Crippen LogP contribution is -2.31. The van der Waals surface area contributed by atoms with E-state index in [9.17, 15) is 14.0 Å². The summed E-state index contributed by atoms with van der Waals surface area (Å²) in [6.07, 6.45) is 1.71. The van der Waals surface area contributed by atoms with Crippen LogP contribution < -0.4 is 15.5 Å². The Bertz CT molecular complexity index is 1320. The third-order valence-corrected chi connectivity index (χ3v) is 4.89. The molecule has 7 nitrogen and oxygen atoms in total. The molecule has 0 unspecified atom stereocenters. The highest BCUT2D eigenvalue weighted by atomic mass is 19.1. The molecule has 0 aliphatic heterocycles. The number of hydrogen-bond acceptors (Lipinski definition) is 5. The first-order valence-electron chi connectivity index (χ1n) is 10.3. The van der Waals surface area contributed by atoms with Crippen LogP contribution in [0.3, 0.4) is 0 Å². The predicted octanol–water partition coefficient (Wildman–Crippen LogP) is 3.58. The van der Waals surface area contributed by atoms with Gasteiger partial charge in [0.2, 0.25) is 5.43 Å². The van der Waals surface area contributed by atoms with Crippen molar-refractivity contribution in [3.8, 4) is 11.4 Å². The molecule has 166 valence electrons. The van der Waals surface area contributed by atoms with E-state index in [2.05, 4.69) is 15.4 Å². The summed E-state index contributed by atoms with van der Waals surface area (Å²) in [5, 5.41) is 6.80. The lowest BCUT2D eigenvalue weighted by Gasteiger charge is -2.12. The van der Waals surface area contributed by atoms with E-state index in [1.54, 1.807) is 37.4 Å². The standard InChI is InChI=1S/C25H21FN4O3/c1-17-14-23(31)24(29-30(17)22-8-3-2-7-21(22)26)25(32)28-15-18-9-11-20(12-10-18)33-16-19-6-4-5-13-27-19/h2-14H,15-16H2,1H3,(H,28,32). The van der Waals surface area contributed by atoms with Crippen LogP contribution in [0.15, 0.2) is 83.8 Å². The quantitative estimate of drug-likeness (QED) is 0.471. The number of ether oxygens (including phenoxy) is 1. The molecule has 8 heteroatoms. The number of nitrogens with one attached hydrogen (secondary N) is 1. The molecule has 2 aromatic heterocycles. The van der Waals surface area contributed by atoms with Crippen LogP contribution >= 0.6 is 0 Å². The smallest absolute Gasteiger partial charge is 0.276 e. The first-order valence-corrected chi connectivity index (χ1v) is 10.3. The summed E-state index contributed by atoms with van der Waals surface area (Å²) in [4.78, 5) is 29.2. The number of pyridine rings is 1. The molecule has 33 heavy (non-hydrogen) atoms. The van der Waals surface area contributed by atoms with Gasteiger partial charge in [-0.1, -0.05) is 30.3 Å². The zero-order valence-corrected chi connectivity index (χ0v) is 17.9. The van der Waals surface area contributed by atoms with E-state index in [4.69, 9.17) is 4.74 Å². The predicted molar refractivity (Wildman–Crippen MR) is 121 cm³/mol. The number of halogens is 1. The van der Waals surface area contributed by atoms with Gasteiger partial charge in [-0.25, -0.2) is 9.07 Å².